The average molecular weight is 339 g/mol. The summed E-state index contributed by atoms with van der Waals surface area (Å²) in [6, 6.07) is 15.3. The number of thioether (sulfide) groups is 1. The summed E-state index contributed by atoms with van der Waals surface area (Å²) in [6.07, 6.45) is 1.44. The van der Waals surface area contributed by atoms with Gasteiger partial charge in [0.1, 0.15) is 0 Å². The van der Waals surface area contributed by atoms with Gasteiger partial charge in [-0.1, -0.05) is 48.2 Å². The molecule has 0 aliphatic carbocycles. The summed E-state index contributed by atoms with van der Waals surface area (Å²) in [5.41, 5.74) is 0.678. The lowest BCUT2D eigenvalue weighted by Gasteiger charge is -2.22. The molecule has 6 heteroatoms. The molecule has 1 N–H and O–H groups in total. The second kappa shape index (κ2) is 7.31. The van der Waals surface area contributed by atoms with Gasteiger partial charge in [0.2, 0.25) is 5.91 Å². The van der Waals surface area contributed by atoms with Crippen LogP contribution in [0.4, 0.5) is 5.69 Å². The van der Waals surface area contributed by atoms with Gasteiger partial charge < -0.3 is 9.88 Å². The topological polar surface area (TPSA) is 66.1 Å². The Hall–Kier alpha value is -2.60. The number of hydrogen-bond donors (Lipinski definition) is 1. The third-order valence-corrected chi connectivity index (χ3v) is 4.53. The minimum atomic E-state index is -0.221. The summed E-state index contributed by atoms with van der Waals surface area (Å²) in [5, 5.41) is 2.60. The number of aromatic amines is 1. The van der Waals surface area contributed by atoms with Crippen LogP contribution in [0, 0.1) is 0 Å². The third-order valence-electron chi connectivity index (χ3n) is 3.65. The lowest BCUT2D eigenvalue weighted by Crippen LogP contribution is -2.32. The molecule has 1 heterocycles. The highest BCUT2D eigenvalue weighted by molar-refractivity contribution is 7.99. The summed E-state index contributed by atoms with van der Waals surface area (Å²) in [4.78, 5) is 32.4. The summed E-state index contributed by atoms with van der Waals surface area (Å²) in [6.45, 7) is 2.53. The standard InChI is InChI=1S/C18H17N3O2S/c1-2-21(15-9-5-7-13-6-3-4-8-14(13)15)17(23)12-24-18-19-11-10-16(22)20-18/h3-11H,2,12H2,1H3,(H,19,20,22). The fourth-order valence-electron chi connectivity index (χ4n) is 2.56. The summed E-state index contributed by atoms with van der Waals surface area (Å²) in [5.74, 6) is 0.189. The van der Waals surface area contributed by atoms with Crippen molar-refractivity contribution in [3.8, 4) is 0 Å². The molecule has 0 fully saturated rings. The highest BCUT2D eigenvalue weighted by Crippen LogP contribution is 2.27. The number of anilines is 1. The van der Waals surface area contributed by atoms with Crippen LogP contribution in [-0.2, 0) is 4.79 Å². The fourth-order valence-corrected chi connectivity index (χ4v) is 3.28. The molecule has 0 saturated carbocycles. The van der Waals surface area contributed by atoms with Crippen LogP contribution in [-0.4, -0.2) is 28.2 Å². The maximum absolute atomic E-state index is 12.7. The predicted octanol–water partition coefficient (Wildman–Crippen LogP) is 3.07. The molecule has 0 bridgehead atoms. The number of amides is 1. The van der Waals surface area contributed by atoms with Crippen molar-refractivity contribution in [2.45, 2.75) is 12.1 Å². The van der Waals surface area contributed by atoms with Gasteiger partial charge >= 0.3 is 0 Å². The van der Waals surface area contributed by atoms with Crippen LogP contribution in [0.3, 0.4) is 0 Å². The number of carbonyl (C=O) groups is 1. The van der Waals surface area contributed by atoms with Gasteiger partial charge in [0.25, 0.3) is 5.56 Å². The van der Waals surface area contributed by atoms with Gasteiger partial charge in [0, 0.05) is 24.2 Å². The zero-order valence-electron chi connectivity index (χ0n) is 13.2. The maximum Gasteiger partial charge on any atom is 0.251 e. The minimum Gasteiger partial charge on any atom is -0.311 e. The van der Waals surface area contributed by atoms with E-state index in [1.165, 1.54) is 24.0 Å². The van der Waals surface area contributed by atoms with Crippen molar-refractivity contribution in [2.75, 3.05) is 17.2 Å². The second-order valence-electron chi connectivity index (χ2n) is 5.16. The van der Waals surface area contributed by atoms with Crippen LogP contribution in [0.5, 0.6) is 0 Å². The van der Waals surface area contributed by atoms with Crippen molar-refractivity contribution in [3.63, 3.8) is 0 Å². The van der Waals surface area contributed by atoms with Gasteiger partial charge in [-0.15, -0.1) is 0 Å². The molecule has 24 heavy (non-hydrogen) atoms. The van der Waals surface area contributed by atoms with Crippen LogP contribution in [0.15, 0.2) is 64.7 Å². The monoisotopic (exact) mass is 339 g/mol. The van der Waals surface area contributed by atoms with E-state index >= 15 is 0 Å². The largest absolute Gasteiger partial charge is 0.311 e. The van der Waals surface area contributed by atoms with E-state index < -0.39 is 0 Å². The Morgan fingerprint density at radius 3 is 2.75 bits per heavy atom. The normalized spacial score (nSPS) is 10.7. The van der Waals surface area contributed by atoms with E-state index in [4.69, 9.17) is 0 Å². The molecule has 122 valence electrons. The Balaban J connectivity index is 1.82. The first-order valence-electron chi connectivity index (χ1n) is 7.65. The minimum absolute atomic E-state index is 0.0228. The Labute approximate surface area is 143 Å². The van der Waals surface area contributed by atoms with Gasteiger partial charge in [-0.3, -0.25) is 9.59 Å². The molecular weight excluding hydrogens is 322 g/mol. The molecule has 3 rings (SSSR count). The van der Waals surface area contributed by atoms with Crippen molar-refractivity contribution in [1.29, 1.82) is 0 Å². The van der Waals surface area contributed by atoms with Crippen molar-refractivity contribution < 1.29 is 4.79 Å². The smallest absolute Gasteiger partial charge is 0.251 e. The SMILES string of the molecule is CCN(C(=O)CSc1nccc(=O)[nH]1)c1cccc2ccccc12. The molecule has 0 atom stereocenters. The third kappa shape index (κ3) is 3.49. The maximum atomic E-state index is 12.7. The van der Waals surface area contributed by atoms with Crippen LogP contribution < -0.4 is 10.5 Å². The number of hydrogen-bond acceptors (Lipinski definition) is 4. The average Bonchev–Trinajstić information content (AvgIpc) is 2.61. The van der Waals surface area contributed by atoms with Crippen LogP contribution in [0.2, 0.25) is 0 Å². The first-order valence-corrected chi connectivity index (χ1v) is 8.64. The van der Waals surface area contributed by atoms with Gasteiger partial charge in [-0.05, 0) is 18.4 Å². The first kappa shape index (κ1) is 16.3. The quantitative estimate of drug-likeness (QED) is 0.573. The molecule has 0 unspecified atom stereocenters. The van der Waals surface area contributed by atoms with Gasteiger partial charge in [-0.25, -0.2) is 4.98 Å². The highest BCUT2D eigenvalue weighted by Gasteiger charge is 2.16. The zero-order chi connectivity index (χ0) is 16.9. The lowest BCUT2D eigenvalue weighted by atomic mass is 10.1. The Morgan fingerprint density at radius 2 is 1.96 bits per heavy atom. The van der Waals surface area contributed by atoms with E-state index in [9.17, 15) is 9.59 Å². The Bertz CT molecular complexity index is 918. The van der Waals surface area contributed by atoms with E-state index in [1.54, 1.807) is 4.90 Å². The molecule has 0 saturated heterocycles. The van der Waals surface area contributed by atoms with Gasteiger partial charge in [0.15, 0.2) is 5.16 Å². The predicted molar refractivity (Wildman–Crippen MR) is 97.6 cm³/mol. The molecule has 0 aliphatic heterocycles. The number of rotatable bonds is 5. The Kier molecular flexibility index (Phi) is 4.96. The van der Waals surface area contributed by atoms with E-state index in [-0.39, 0.29) is 17.2 Å². The molecule has 5 nitrogen and oxygen atoms in total. The number of aromatic nitrogens is 2. The van der Waals surface area contributed by atoms with E-state index in [1.807, 2.05) is 49.4 Å². The number of benzene rings is 2. The summed E-state index contributed by atoms with van der Waals surface area (Å²) >= 11 is 1.23. The number of nitrogens with one attached hydrogen (secondary N) is 1. The highest BCUT2D eigenvalue weighted by atomic mass is 32.2. The number of fused-ring (bicyclic) bond motifs is 1. The van der Waals surface area contributed by atoms with E-state index in [0.29, 0.717) is 11.7 Å². The van der Waals surface area contributed by atoms with Crippen LogP contribution in [0.25, 0.3) is 10.8 Å². The molecule has 2 aromatic carbocycles. The van der Waals surface area contributed by atoms with Crippen LogP contribution in [0.1, 0.15) is 6.92 Å². The van der Waals surface area contributed by atoms with Crippen LogP contribution >= 0.6 is 11.8 Å². The fraction of sp³-hybridized carbons (Fsp3) is 0.167. The molecule has 0 radical (unpaired) electrons. The number of H-pyrrole nitrogens is 1. The van der Waals surface area contributed by atoms with Crippen molar-refractivity contribution in [3.05, 3.63) is 65.1 Å². The van der Waals surface area contributed by atoms with E-state index in [0.717, 1.165) is 16.5 Å². The van der Waals surface area contributed by atoms with Crippen molar-refractivity contribution >= 4 is 34.1 Å². The number of carbonyl (C=O) groups excluding carboxylic acids is 1. The lowest BCUT2D eigenvalue weighted by molar-refractivity contribution is -0.116. The molecular formula is C18H17N3O2S. The number of nitrogens with zero attached hydrogens (tertiary/aromatic N) is 2. The van der Waals surface area contributed by atoms with Gasteiger partial charge in [0.05, 0.1) is 11.4 Å². The molecule has 0 spiro atoms. The summed E-state index contributed by atoms with van der Waals surface area (Å²) in [7, 11) is 0. The molecule has 0 aliphatic rings. The van der Waals surface area contributed by atoms with Gasteiger partial charge in [-0.2, -0.15) is 0 Å². The van der Waals surface area contributed by atoms with E-state index in [2.05, 4.69) is 9.97 Å². The molecule has 3 aromatic rings. The Morgan fingerprint density at radius 1 is 1.17 bits per heavy atom. The first-order chi connectivity index (χ1) is 11.7. The van der Waals surface area contributed by atoms with Crippen molar-refractivity contribution in [1.82, 2.24) is 9.97 Å². The van der Waals surface area contributed by atoms with Crippen molar-refractivity contribution in [2.24, 2.45) is 0 Å². The molecule has 1 amide bonds. The summed E-state index contributed by atoms with van der Waals surface area (Å²) < 4.78 is 0. The zero-order valence-corrected chi connectivity index (χ0v) is 14.0. The molecule has 1 aromatic heterocycles. The second-order valence-corrected chi connectivity index (χ2v) is 6.13.